The molecule has 2 rings (SSSR count). The molecule has 10 heteroatoms. The van der Waals surface area contributed by atoms with Crippen molar-refractivity contribution in [2.75, 3.05) is 0 Å². The summed E-state index contributed by atoms with van der Waals surface area (Å²) in [4.78, 5) is 50.3. The van der Waals surface area contributed by atoms with Gasteiger partial charge >= 0.3 is 18.2 Å². The van der Waals surface area contributed by atoms with Gasteiger partial charge in [-0.1, -0.05) is 32.0 Å². The van der Waals surface area contributed by atoms with E-state index in [0.29, 0.717) is 16.5 Å². The van der Waals surface area contributed by atoms with Gasteiger partial charge in [-0.2, -0.15) is 0 Å². The number of para-hydroxylation sites is 1. The van der Waals surface area contributed by atoms with Gasteiger partial charge < -0.3 is 25.2 Å². The van der Waals surface area contributed by atoms with Gasteiger partial charge in [-0.3, -0.25) is 9.36 Å². The Morgan fingerprint density at radius 3 is 2.05 bits per heavy atom. The molecule has 0 fully saturated rings. The number of hydrogen-bond donors (Lipinski definition) is 3. The Hall–Kier alpha value is -3.56. The molecule has 0 aliphatic carbocycles. The van der Waals surface area contributed by atoms with E-state index in [9.17, 15) is 24.3 Å². The van der Waals surface area contributed by atoms with Gasteiger partial charge in [-0.05, 0) is 65.5 Å². The van der Waals surface area contributed by atoms with Crippen LogP contribution in [0, 0.1) is 5.92 Å². The Labute approximate surface area is 217 Å². The molecule has 0 bridgehead atoms. The van der Waals surface area contributed by atoms with E-state index in [0.717, 1.165) is 0 Å². The van der Waals surface area contributed by atoms with Gasteiger partial charge in [0.25, 0.3) is 0 Å². The topological polar surface area (TPSA) is 136 Å². The van der Waals surface area contributed by atoms with Crippen LogP contribution < -0.4 is 10.6 Å². The predicted molar refractivity (Wildman–Crippen MR) is 139 cm³/mol. The van der Waals surface area contributed by atoms with Crippen molar-refractivity contribution in [1.82, 2.24) is 15.2 Å². The Bertz CT molecular complexity index is 1140. The van der Waals surface area contributed by atoms with Crippen LogP contribution >= 0.6 is 0 Å². The van der Waals surface area contributed by atoms with Gasteiger partial charge in [0, 0.05) is 18.0 Å². The number of nitrogens with zero attached hydrogens (tertiary/aromatic N) is 1. The lowest BCUT2D eigenvalue weighted by Crippen LogP contribution is -2.53. The maximum Gasteiger partial charge on any atom is 0.419 e. The summed E-state index contributed by atoms with van der Waals surface area (Å²) in [6.07, 6.45) is 0.379. The van der Waals surface area contributed by atoms with Crippen LogP contribution in [0.1, 0.15) is 67.4 Å². The van der Waals surface area contributed by atoms with Gasteiger partial charge in [0.2, 0.25) is 5.91 Å². The molecule has 0 unspecified atom stereocenters. The number of carboxylic acid groups (broad SMARTS) is 1. The number of aromatic nitrogens is 1. The number of nitrogens with one attached hydrogen (secondary N) is 2. The number of amides is 2. The SMILES string of the molecule is CC(C)C[C@H](NC(=O)OC(C)(C)C)C(=O)N[C@@H](Cc1cn(C(=O)OC(C)(C)C)c2ccccc12)C(=O)O. The molecule has 1 heterocycles. The van der Waals surface area contributed by atoms with Crippen molar-refractivity contribution < 1.29 is 33.8 Å². The Morgan fingerprint density at radius 1 is 0.919 bits per heavy atom. The standard InChI is InChI=1S/C27H39N3O7/c1-16(2)13-19(29-24(34)36-26(3,4)5)22(31)28-20(23(32)33)14-17-15-30(25(35)37-27(6,7)8)21-12-10-9-11-18(17)21/h9-12,15-16,19-20H,13-14H2,1-8H3,(H,28,31)(H,29,34)(H,32,33)/t19-,20-/m0/s1. The van der Waals surface area contributed by atoms with E-state index < -0.39 is 47.3 Å². The second kappa shape index (κ2) is 11.7. The lowest BCUT2D eigenvalue weighted by atomic mass is 10.0. The molecule has 0 aliphatic rings. The third-order valence-corrected chi connectivity index (χ3v) is 5.14. The van der Waals surface area contributed by atoms with E-state index in [4.69, 9.17) is 9.47 Å². The first-order valence-corrected chi connectivity index (χ1v) is 12.3. The Morgan fingerprint density at radius 2 is 1.51 bits per heavy atom. The van der Waals surface area contributed by atoms with Crippen molar-refractivity contribution in [3.63, 3.8) is 0 Å². The third kappa shape index (κ3) is 9.11. The number of rotatable bonds is 8. The summed E-state index contributed by atoms with van der Waals surface area (Å²) in [5, 5.41) is 15.7. The third-order valence-electron chi connectivity index (χ3n) is 5.14. The summed E-state index contributed by atoms with van der Waals surface area (Å²) in [6.45, 7) is 14.2. The Balaban J connectivity index is 2.30. The van der Waals surface area contributed by atoms with Crippen molar-refractivity contribution in [3.05, 3.63) is 36.0 Å². The molecule has 204 valence electrons. The van der Waals surface area contributed by atoms with Crippen LogP contribution in [0.15, 0.2) is 30.5 Å². The normalized spacial score (nSPS) is 13.6. The molecule has 1 aromatic carbocycles. The first-order chi connectivity index (χ1) is 17.0. The summed E-state index contributed by atoms with van der Waals surface area (Å²) in [7, 11) is 0. The van der Waals surface area contributed by atoms with Gasteiger partial charge in [0.15, 0.2) is 0 Å². The van der Waals surface area contributed by atoms with Gasteiger partial charge in [0.1, 0.15) is 23.3 Å². The van der Waals surface area contributed by atoms with Crippen LogP contribution in [0.25, 0.3) is 10.9 Å². The molecule has 0 saturated heterocycles. The molecule has 0 aliphatic heterocycles. The highest BCUT2D eigenvalue weighted by atomic mass is 16.6. The molecular formula is C27H39N3O7. The first-order valence-electron chi connectivity index (χ1n) is 12.3. The first kappa shape index (κ1) is 29.7. The van der Waals surface area contributed by atoms with Crippen molar-refractivity contribution in [3.8, 4) is 0 Å². The van der Waals surface area contributed by atoms with Crippen molar-refractivity contribution >= 4 is 35.0 Å². The number of hydrogen-bond acceptors (Lipinski definition) is 6. The van der Waals surface area contributed by atoms with Gasteiger partial charge in [-0.15, -0.1) is 0 Å². The fourth-order valence-electron chi connectivity index (χ4n) is 3.72. The monoisotopic (exact) mass is 517 g/mol. The molecule has 0 saturated carbocycles. The number of carbonyl (C=O) groups is 4. The zero-order chi connectivity index (χ0) is 28.1. The van der Waals surface area contributed by atoms with E-state index in [-0.39, 0.29) is 18.8 Å². The molecule has 2 atom stereocenters. The van der Waals surface area contributed by atoms with E-state index in [1.807, 2.05) is 13.8 Å². The zero-order valence-corrected chi connectivity index (χ0v) is 22.9. The summed E-state index contributed by atoms with van der Waals surface area (Å²) in [6, 6.07) is 4.77. The van der Waals surface area contributed by atoms with Crippen LogP contribution in [-0.2, 0) is 25.5 Å². The molecule has 0 spiro atoms. The van der Waals surface area contributed by atoms with E-state index in [2.05, 4.69) is 10.6 Å². The van der Waals surface area contributed by atoms with Crippen LogP contribution in [0.2, 0.25) is 0 Å². The number of benzene rings is 1. The summed E-state index contributed by atoms with van der Waals surface area (Å²) < 4.78 is 12.1. The van der Waals surface area contributed by atoms with Crippen LogP contribution in [0.4, 0.5) is 9.59 Å². The number of alkyl carbamates (subject to hydrolysis) is 1. The number of carboxylic acids is 1. The van der Waals surface area contributed by atoms with Crippen molar-refractivity contribution in [1.29, 1.82) is 0 Å². The lowest BCUT2D eigenvalue weighted by Gasteiger charge is -2.25. The summed E-state index contributed by atoms with van der Waals surface area (Å²) in [5.74, 6) is -1.84. The molecule has 1 aromatic heterocycles. The average molecular weight is 518 g/mol. The maximum absolute atomic E-state index is 13.1. The largest absolute Gasteiger partial charge is 0.480 e. The number of ether oxygens (including phenoxy) is 2. The molecular weight excluding hydrogens is 478 g/mol. The highest BCUT2D eigenvalue weighted by Crippen LogP contribution is 2.24. The predicted octanol–water partition coefficient (Wildman–Crippen LogP) is 4.48. The van der Waals surface area contributed by atoms with Crippen molar-refractivity contribution in [2.24, 2.45) is 5.92 Å². The maximum atomic E-state index is 13.1. The molecule has 2 amide bonds. The number of carbonyl (C=O) groups excluding carboxylic acids is 3. The molecule has 3 N–H and O–H groups in total. The van der Waals surface area contributed by atoms with Gasteiger partial charge in [0.05, 0.1) is 5.52 Å². The molecule has 10 nitrogen and oxygen atoms in total. The van der Waals surface area contributed by atoms with Crippen LogP contribution in [-0.4, -0.2) is 57.0 Å². The minimum atomic E-state index is -1.31. The highest BCUT2D eigenvalue weighted by molar-refractivity contribution is 5.93. The zero-order valence-electron chi connectivity index (χ0n) is 22.9. The second-order valence-corrected chi connectivity index (χ2v) is 11.5. The minimum absolute atomic E-state index is 0.0424. The highest BCUT2D eigenvalue weighted by Gasteiger charge is 2.30. The fourth-order valence-corrected chi connectivity index (χ4v) is 3.72. The Kier molecular flexibility index (Phi) is 9.35. The summed E-state index contributed by atoms with van der Waals surface area (Å²) in [5.41, 5.74) is -0.358. The lowest BCUT2D eigenvalue weighted by molar-refractivity contribution is -0.142. The van der Waals surface area contributed by atoms with E-state index in [1.54, 1.807) is 65.8 Å². The van der Waals surface area contributed by atoms with Gasteiger partial charge in [-0.25, -0.2) is 14.4 Å². The van der Waals surface area contributed by atoms with Crippen LogP contribution in [0.5, 0.6) is 0 Å². The van der Waals surface area contributed by atoms with E-state index >= 15 is 0 Å². The summed E-state index contributed by atoms with van der Waals surface area (Å²) >= 11 is 0. The number of aliphatic carboxylic acids is 1. The molecule has 0 radical (unpaired) electrons. The quantitative estimate of drug-likeness (QED) is 0.470. The smallest absolute Gasteiger partial charge is 0.419 e. The molecule has 2 aromatic rings. The number of fused-ring (bicyclic) bond motifs is 1. The molecule has 37 heavy (non-hydrogen) atoms. The minimum Gasteiger partial charge on any atom is -0.480 e. The fraction of sp³-hybridized carbons (Fsp3) is 0.556. The van der Waals surface area contributed by atoms with Crippen molar-refractivity contribution in [2.45, 2.75) is 91.5 Å². The van der Waals surface area contributed by atoms with E-state index in [1.165, 1.54) is 10.8 Å². The second-order valence-electron chi connectivity index (χ2n) is 11.5. The van der Waals surface area contributed by atoms with Crippen LogP contribution in [0.3, 0.4) is 0 Å². The average Bonchev–Trinajstić information content (AvgIpc) is 3.08.